The molecule has 84 valence electrons. The fourth-order valence-corrected chi connectivity index (χ4v) is 0.611. The fraction of sp³-hybridized carbons (Fsp3) is 0.857. The van der Waals surface area contributed by atoms with E-state index in [0.717, 1.165) is 0 Å². The van der Waals surface area contributed by atoms with Gasteiger partial charge in [-0.3, -0.25) is 0 Å². The van der Waals surface area contributed by atoms with E-state index < -0.39 is 25.2 Å². The van der Waals surface area contributed by atoms with Gasteiger partial charge in [-0.05, 0) is 0 Å². The van der Waals surface area contributed by atoms with Gasteiger partial charge in [0.1, 0.15) is 6.04 Å². The summed E-state index contributed by atoms with van der Waals surface area (Å²) >= 11 is 0. The van der Waals surface area contributed by atoms with Crippen molar-refractivity contribution < 1.29 is 28.5 Å². The number of nitrogens with one attached hydrogen (secondary N) is 1. The quantitative estimate of drug-likeness (QED) is 0.530. The van der Waals surface area contributed by atoms with Crippen LogP contribution in [0.5, 0.6) is 0 Å². The number of carbonyl (C=O) groups excluding carboxylic acids is 1. The molecule has 0 aliphatic carbocycles. The molecule has 14 heavy (non-hydrogen) atoms. The summed E-state index contributed by atoms with van der Waals surface area (Å²) in [6.45, 7) is -1.05. The molecule has 1 atom stereocenters. The van der Waals surface area contributed by atoms with Crippen LogP contribution in [0.15, 0.2) is 0 Å². The van der Waals surface area contributed by atoms with Crippen LogP contribution in [0.2, 0.25) is 0 Å². The molecule has 0 aliphatic heterocycles. The monoisotopic (exact) mass is 213 g/mol. The predicted octanol–water partition coefficient (Wildman–Crippen LogP) is -0.279. The number of hydrogen-bond acceptors (Lipinski definition) is 4. The van der Waals surface area contributed by atoms with Crippen molar-refractivity contribution in [1.29, 1.82) is 0 Å². The number of alkyl carbamates (subject to hydrolysis) is 1. The van der Waals surface area contributed by atoms with Gasteiger partial charge in [0.25, 0.3) is 6.43 Å². The molecule has 0 fully saturated rings. The van der Waals surface area contributed by atoms with E-state index in [1.165, 1.54) is 0 Å². The molecule has 0 heterocycles. The Bertz CT molecular complexity index is 168. The summed E-state index contributed by atoms with van der Waals surface area (Å²) in [6, 6.07) is -1.61. The van der Waals surface area contributed by atoms with E-state index in [0.29, 0.717) is 0 Å². The highest BCUT2D eigenvalue weighted by atomic mass is 19.3. The van der Waals surface area contributed by atoms with E-state index in [4.69, 9.17) is 10.2 Å². The average Bonchev–Trinajstić information content (AvgIpc) is 2.14. The van der Waals surface area contributed by atoms with Crippen LogP contribution in [-0.4, -0.2) is 48.6 Å². The lowest BCUT2D eigenvalue weighted by molar-refractivity contribution is 0.0572. The number of aliphatic hydroxyl groups is 2. The summed E-state index contributed by atoms with van der Waals surface area (Å²) in [4.78, 5) is 10.7. The molecule has 1 amide bonds. The first-order valence-electron chi connectivity index (χ1n) is 4.05. The number of carbonyl (C=O) groups is 1. The summed E-state index contributed by atoms with van der Waals surface area (Å²) in [7, 11) is 0. The Hall–Kier alpha value is -0.950. The molecule has 0 aromatic rings. The number of aliphatic hydroxyl groups excluding tert-OH is 2. The molecule has 3 N–H and O–H groups in total. The first-order chi connectivity index (χ1) is 6.61. The van der Waals surface area contributed by atoms with E-state index in [1.807, 2.05) is 0 Å². The normalized spacial score (nSPS) is 12.6. The molecular formula is C7H13F2NO4. The van der Waals surface area contributed by atoms with Crippen LogP contribution in [0.25, 0.3) is 0 Å². The Morgan fingerprint density at radius 1 is 1.43 bits per heavy atom. The maximum atomic E-state index is 12.0. The zero-order valence-electron chi connectivity index (χ0n) is 7.45. The highest BCUT2D eigenvalue weighted by molar-refractivity contribution is 5.67. The van der Waals surface area contributed by atoms with Gasteiger partial charge in [-0.15, -0.1) is 0 Å². The third-order valence-electron chi connectivity index (χ3n) is 1.34. The maximum Gasteiger partial charge on any atom is 0.407 e. The molecule has 0 saturated heterocycles. The van der Waals surface area contributed by atoms with Gasteiger partial charge >= 0.3 is 6.09 Å². The maximum absolute atomic E-state index is 12.0. The summed E-state index contributed by atoms with van der Waals surface area (Å²) < 4.78 is 28.4. The van der Waals surface area contributed by atoms with Crippen LogP contribution in [0.1, 0.15) is 6.42 Å². The van der Waals surface area contributed by atoms with E-state index in [-0.39, 0.29) is 19.6 Å². The zero-order chi connectivity index (χ0) is 11.0. The molecule has 7 heteroatoms. The summed E-state index contributed by atoms with van der Waals surface area (Å²) in [5.74, 6) is 0. The predicted molar refractivity (Wildman–Crippen MR) is 43.1 cm³/mol. The van der Waals surface area contributed by atoms with Crippen molar-refractivity contribution >= 4 is 6.09 Å². The number of rotatable bonds is 6. The fourth-order valence-electron chi connectivity index (χ4n) is 0.611. The van der Waals surface area contributed by atoms with E-state index in [1.54, 1.807) is 5.32 Å². The van der Waals surface area contributed by atoms with Crippen LogP contribution in [0.4, 0.5) is 13.6 Å². The van der Waals surface area contributed by atoms with Gasteiger partial charge in [0.05, 0.1) is 13.2 Å². The minimum absolute atomic E-state index is 0.0519. The minimum atomic E-state index is -2.84. The second-order valence-electron chi connectivity index (χ2n) is 2.48. The molecule has 0 spiro atoms. The number of amides is 1. The van der Waals surface area contributed by atoms with Gasteiger partial charge in [0.15, 0.2) is 0 Å². The van der Waals surface area contributed by atoms with Gasteiger partial charge in [-0.25, -0.2) is 13.6 Å². The Morgan fingerprint density at radius 2 is 2.07 bits per heavy atom. The van der Waals surface area contributed by atoms with Gasteiger partial charge in [0.2, 0.25) is 0 Å². The summed E-state index contributed by atoms with van der Waals surface area (Å²) in [5.41, 5.74) is 0. The van der Waals surface area contributed by atoms with Crippen molar-refractivity contribution in [2.24, 2.45) is 0 Å². The second-order valence-corrected chi connectivity index (χ2v) is 2.48. The van der Waals surface area contributed by atoms with Crippen molar-refractivity contribution in [2.45, 2.75) is 18.9 Å². The SMILES string of the molecule is O=C(NC(CO)C(F)F)OCCCO. The number of alkyl halides is 2. The Kier molecular flexibility index (Phi) is 6.95. The molecule has 0 rings (SSSR count). The Labute approximate surface area is 79.7 Å². The van der Waals surface area contributed by atoms with E-state index in [9.17, 15) is 13.6 Å². The first kappa shape index (κ1) is 13.1. The van der Waals surface area contributed by atoms with Gasteiger partial charge in [-0.2, -0.15) is 0 Å². The highest BCUT2D eigenvalue weighted by Gasteiger charge is 2.21. The smallest absolute Gasteiger partial charge is 0.407 e. The molecule has 0 aromatic carbocycles. The zero-order valence-corrected chi connectivity index (χ0v) is 7.45. The van der Waals surface area contributed by atoms with Crippen molar-refractivity contribution in [2.75, 3.05) is 19.8 Å². The highest BCUT2D eigenvalue weighted by Crippen LogP contribution is 2.00. The van der Waals surface area contributed by atoms with Crippen LogP contribution in [0.3, 0.4) is 0 Å². The summed E-state index contributed by atoms with van der Waals surface area (Å²) in [5, 5.41) is 18.5. The van der Waals surface area contributed by atoms with E-state index >= 15 is 0 Å². The number of halogens is 2. The summed E-state index contributed by atoms with van der Waals surface area (Å²) in [6.07, 6.45) is -3.63. The van der Waals surface area contributed by atoms with Gasteiger partial charge in [-0.1, -0.05) is 0 Å². The lowest BCUT2D eigenvalue weighted by Gasteiger charge is -2.14. The standard InChI is InChI=1S/C7H13F2NO4/c8-6(9)5(4-12)10-7(13)14-3-1-2-11/h5-6,11-12H,1-4H2,(H,10,13). The van der Waals surface area contributed by atoms with Crippen LogP contribution < -0.4 is 5.32 Å². The molecule has 0 aliphatic rings. The molecule has 0 bridgehead atoms. The van der Waals surface area contributed by atoms with Crippen LogP contribution in [0, 0.1) is 0 Å². The number of ether oxygens (including phenoxy) is 1. The Balaban J connectivity index is 3.68. The second kappa shape index (κ2) is 7.45. The van der Waals surface area contributed by atoms with Crippen LogP contribution >= 0.6 is 0 Å². The largest absolute Gasteiger partial charge is 0.449 e. The molecular weight excluding hydrogens is 200 g/mol. The minimum Gasteiger partial charge on any atom is -0.449 e. The molecule has 5 nitrogen and oxygen atoms in total. The van der Waals surface area contributed by atoms with Crippen molar-refractivity contribution in [3.63, 3.8) is 0 Å². The van der Waals surface area contributed by atoms with Crippen molar-refractivity contribution in [3.05, 3.63) is 0 Å². The Morgan fingerprint density at radius 3 is 2.50 bits per heavy atom. The van der Waals surface area contributed by atoms with Gasteiger partial charge < -0.3 is 20.3 Å². The third kappa shape index (κ3) is 5.65. The van der Waals surface area contributed by atoms with E-state index in [2.05, 4.69) is 4.74 Å². The lowest BCUT2D eigenvalue weighted by Crippen LogP contribution is -2.42. The van der Waals surface area contributed by atoms with Crippen LogP contribution in [-0.2, 0) is 4.74 Å². The molecule has 0 radical (unpaired) electrons. The van der Waals surface area contributed by atoms with Crippen molar-refractivity contribution in [3.8, 4) is 0 Å². The molecule has 1 unspecified atom stereocenters. The molecule has 0 aromatic heterocycles. The molecule has 0 saturated carbocycles. The third-order valence-corrected chi connectivity index (χ3v) is 1.34. The van der Waals surface area contributed by atoms with Gasteiger partial charge in [0, 0.05) is 13.0 Å². The number of hydrogen-bond donors (Lipinski definition) is 3. The lowest BCUT2D eigenvalue weighted by atomic mass is 10.3. The van der Waals surface area contributed by atoms with Crippen molar-refractivity contribution in [1.82, 2.24) is 5.32 Å². The topological polar surface area (TPSA) is 78.8 Å². The first-order valence-corrected chi connectivity index (χ1v) is 4.05. The average molecular weight is 213 g/mol.